The third kappa shape index (κ3) is 4.48. The SMILES string of the molecule is CCC(O)(CC)COc1ccc(CNC2CC2)nc1. The molecule has 1 aromatic heterocycles. The van der Waals surface area contributed by atoms with E-state index in [0.717, 1.165) is 18.0 Å². The first-order valence-corrected chi connectivity index (χ1v) is 7.18. The number of pyridine rings is 1. The van der Waals surface area contributed by atoms with E-state index in [4.69, 9.17) is 4.74 Å². The van der Waals surface area contributed by atoms with E-state index in [1.807, 2.05) is 26.0 Å². The molecule has 4 nitrogen and oxygen atoms in total. The first kappa shape index (κ1) is 14.3. The van der Waals surface area contributed by atoms with Crippen LogP contribution in [0.15, 0.2) is 18.3 Å². The number of nitrogens with one attached hydrogen (secondary N) is 1. The zero-order valence-electron chi connectivity index (χ0n) is 11.9. The molecule has 0 aromatic carbocycles. The summed E-state index contributed by atoms with van der Waals surface area (Å²) in [6.45, 7) is 5.08. The van der Waals surface area contributed by atoms with Gasteiger partial charge in [-0.3, -0.25) is 4.98 Å². The van der Waals surface area contributed by atoms with E-state index in [0.29, 0.717) is 25.5 Å². The lowest BCUT2D eigenvalue weighted by molar-refractivity contribution is -0.0114. The largest absolute Gasteiger partial charge is 0.489 e. The van der Waals surface area contributed by atoms with Crippen LogP contribution in [0.25, 0.3) is 0 Å². The van der Waals surface area contributed by atoms with Gasteiger partial charge in [0.15, 0.2) is 0 Å². The zero-order chi connectivity index (χ0) is 13.7. The van der Waals surface area contributed by atoms with Gasteiger partial charge in [-0.2, -0.15) is 0 Å². The topological polar surface area (TPSA) is 54.4 Å². The van der Waals surface area contributed by atoms with Crippen LogP contribution in [0.1, 0.15) is 45.2 Å². The maximum absolute atomic E-state index is 10.1. The average Bonchev–Trinajstić information content (AvgIpc) is 3.28. The Morgan fingerprint density at radius 2 is 2.11 bits per heavy atom. The molecule has 1 aliphatic carbocycles. The molecule has 0 aliphatic heterocycles. The van der Waals surface area contributed by atoms with E-state index in [-0.39, 0.29) is 0 Å². The number of rotatable bonds is 8. The van der Waals surface area contributed by atoms with Crippen molar-refractivity contribution in [3.8, 4) is 5.75 Å². The summed E-state index contributed by atoms with van der Waals surface area (Å²) in [5.41, 5.74) is 0.298. The minimum Gasteiger partial charge on any atom is -0.489 e. The Balaban J connectivity index is 1.80. The van der Waals surface area contributed by atoms with Crippen molar-refractivity contribution >= 4 is 0 Å². The maximum Gasteiger partial charge on any atom is 0.137 e. The van der Waals surface area contributed by atoms with Crippen molar-refractivity contribution in [1.29, 1.82) is 0 Å². The molecule has 0 spiro atoms. The molecule has 19 heavy (non-hydrogen) atoms. The minimum atomic E-state index is -0.730. The lowest BCUT2D eigenvalue weighted by atomic mass is 9.99. The summed E-state index contributed by atoms with van der Waals surface area (Å²) in [5.74, 6) is 0.718. The lowest BCUT2D eigenvalue weighted by Crippen LogP contribution is -2.34. The van der Waals surface area contributed by atoms with Gasteiger partial charge >= 0.3 is 0 Å². The Morgan fingerprint density at radius 1 is 1.37 bits per heavy atom. The Hall–Kier alpha value is -1.13. The zero-order valence-corrected chi connectivity index (χ0v) is 11.9. The predicted molar refractivity (Wildman–Crippen MR) is 75.1 cm³/mol. The van der Waals surface area contributed by atoms with Crippen LogP contribution < -0.4 is 10.1 Å². The monoisotopic (exact) mass is 264 g/mol. The van der Waals surface area contributed by atoms with Crippen LogP contribution in [0.2, 0.25) is 0 Å². The van der Waals surface area contributed by atoms with Gasteiger partial charge in [-0.15, -0.1) is 0 Å². The van der Waals surface area contributed by atoms with E-state index in [9.17, 15) is 5.11 Å². The summed E-state index contributed by atoms with van der Waals surface area (Å²) in [7, 11) is 0. The molecule has 0 bridgehead atoms. The molecule has 1 saturated carbocycles. The van der Waals surface area contributed by atoms with Crippen molar-refractivity contribution in [2.75, 3.05) is 6.61 Å². The van der Waals surface area contributed by atoms with Crippen molar-refractivity contribution in [3.05, 3.63) is 24.0 Å². The van der Waals surface area contributed by atoms with Crippen LogP contribution in [0.4, 0.5) is 0 Å². The first-order chi connectivity index (χ1) is 9.15. The molecule has 0 radical (unpaired) electrons. The van der Waals surface area contributed by atoms with Gasteiger partial charge in [0.05, 0.1) is 17.5 Å². The normalized spacial score (nSPS) is 15.5. The fraction of sp³-hybridized carbons (Fsp3) is 0.667. The van der Waals surface area contributed by atoms with Crippen LogP contribution in [-0.4, -0.2) is 28.3 Å². The molecule has 0 amide bonds. The van der Waals surface area contributed by atoms with Crippen LogP contribution in [0, 0.1) is 0 Å². The molecule has 106 valence electrons. The lowest BCUT2D eigenvalue weighted by Gasteiger charge is -2.24. The third-order valence-electron chi connectivity index (χ3n) is 3.77. The second-order valence-corrected chi connectivity index (χ2v) is 5.36. The number of aliphatic hydroxyl groups is 1. The van der Waals surface area contributed by atoms with E-state index >= 15 is 0 Å². The number of aromatic nitrogens is 1. The van der Waals surface area contributed by atoms with Crippen molar-refractivity contribution < 1.29 is 9.84 Å². The molecule has 4 heteroatoms. The summed E-state index contributed by atoms with van der Waals surface area (Å²) in [5, 5.41) is 13.6. The fourth-order valence-electron chi connectivity index (χ4n) is 1.81. The molecule has 1 aliphatic rings. The predicted octanol–water partition coefficient (Wildman–Crippen LogP) is 2.26. The second kappa shape index (κ2) is 6.35. The Labute approximate surface area is 115 Å². The smallest absolute Gasteiger partial charge is 0.137 e. The summed E-state index contributed by atoms with van der Waals surface area (Å²) >= 11 is 0. The van der Waals surface area contributed by atoms with E-state index in [1.54, 1.807) is 6.20 Å². The van der Waals surface area contributed by atoms with Gasteiger partial charge in [-0.25, -0.2) is 0 Å². The van der Waals surface area contributed by atoms with Crippen molar-refractivity contribution in [2.24, 2.45) is 0 Å². The first-order valence-electron chi connectivity index (χ1n) is 7.18. The van der Waals surface area contributed by atoms with Crippen LogP contribution in [0.3, 0.4) is 0 Å². The number of hydrogen-bond donors (Lipinski definition) is 2. The molecule has 0 atom stereocenters. The molecule has 0 saturated heterocycles. The van der Waals surface area contributed by atoms with Gasteiger partial charge in [-0.1, -0.05) is 13.8 Å². The quantitative estimate of drug-likeness (QED) is 0.756. The van der Waals surface area contributed by atoms with Gasteiger partial charge in [0.2, 0.25) is 0 Å². The summed E-state index contributed by atoms with van der Waals surface area (Å²) in [4.78, 5) is 4.36. The Kier molecular flexibility index (Phi) is 4.77. The molecular weight excluding hydrogens is 240 g/mol. The molecule has 2 rings (SSSR count). The highest BCUT2D eigenvalue weighted by molar-refractivity contribution is 5.20. The third-order valence-corrected chi connectivity index (χ3v) is 3.77. The number of hydrogen-bond acceptors (Lipinski definition) is 4. The van der Waals surface area contributed by atoms with Crippen LogP contribution in [-0.2, 0) is 6.54 Å². The Morgan fingerprint density at radius 3 is 2.63 bits per heavy atom. The van der Waals surface area contributed by atoms with Crippen molar-refractivity contribution in [1.82, 2.24) is 10.3 Å². The molecular formula is C15H24N2O2. The van der Waals surface area contributed by atoms with Gasteiger partial charge < -0.3 is 15.2 Å². The second-order valence-electron chi connectivity index (χ2n) is 5.36. The van der Waals surface area contributed by atoms with Gasteiger partial charge in [-0.05, 0) is 37.8 Å². The highest BCUT2D eigenvalue weighted by atomic mass is 16.5. The molecule has 1 heterocycles. The highest BCUT2D eigenvalue weighted by Crippen LogP contribution is 2.20. The van der Waals surface area contributed by atoms with Crippen LogP contribution >= 0.6 is 0 Å². The van der Waals surface area contributed by atoms with Gasteiger partial charge in [0.25, 0.3) is 0 Å². The van der Waals surface area contributed by atoms with Gasteiger partial charge in [0, 0.05) is 12.6 Å². The maximum atomic E-state index is 10.1. The summed E-state index contributed by atoms with van der Waals surface area (Å²) in [6.07, 6.45) is 5.69. The summed E-state index contributed by atoms with van der Waals surface area (Å²) in [6, 6.07) is 4.59. The van der Waals surface area contributed by atoms with Gasteiger partial charge in [0.1, 0.15) is 12.4 Å². The van der Waals surface area contributed by atoms with Crippen LogP contribution in [0.5, 0.6) is 5.75 Å². The fourth-order valence-corrected chi connectivity index (χ4v) is 1.81. The Bertz CT molecular complexity index is 384. The average molecular weight is 264 g/mol. The molecule has 1 aromatic rings. The number of ether oxygens (including phenoxy) is 1. The van der Waals surface area contributed by atoms with E-state index in [2.05, 4.69) is 10.3 Å². The standard InChI is InChI=1S/C15H24N2O2/c1-3-15(18,4-2)11-19-14-8-7-13(17-10-14)9-16-12-5-6-12/h7-8,10,12,16,18H,3-6,9,11H2,1-2H3. The summed E-state index contributed by atoms with van der Waals surface area (Å²) < 4.78 is 5.61. The highest BCUT2D eigenvalue weighted by Gasteiger charge is 2.23. The molecule has 0 unspecified atom stereocenters. The van der Waals surface area contributed by atoms with E-state index in [1.165, 1.54) is 12.8 Å². The van der Waals surface area contributed by atoms with Crippen molar-refractivity contribution in [2.45, 2.75) is 57.7 Å². The number of nitrogens with zero attached hydrogens (tertiary/aromatic N) is 1. The molecule has 2 N–H and O–H groups in total. The molecule has 1 fully saturated rings. The van der Waals surface area contributed by atoms with Crippen molar-refractivity contribution in [3.63, 3.8) is 0 Å². The van der Waals surface area contributed by atoms with E-state index < -0.39 is 5.60 Å². The minimum absolute atomic E-state index is 0.321.